The average Bonchev–Trinajstić information content (AvgIpc) is 2.47. The zero-order valence-corrected chi connectivity index (χ0v) is 8.49. The molecule has 0 aromatic carbocycles. The predicted molar refractivity (Wildman–Crippen MR) is 50.6 cm³/mol. The van der Waals surface area contributed by atoms with Crippen LogP contribution in [0.2, 0.25) is 0 Å². The van der Waals surface area contributed by atoms with Gasteiger partial charge in [-0.15, -0.1) is 0 Å². The number of carbonyl (C=O) groups excluding carboxylic acids is 2. The summed E-state index contributed by atoms with van der Waals surface area (Å²) in [7, 11) is 0. The molecule has 0 saturated heterocycles. The van der Waals surface area contributed by atoms with Gasteiger partial charge in [0.25, 0.3) is 0 Å². The number of fused-ring (bicyclic) bond motifs is 1. The Balaban J connectivity index is 1.98. The maximum absolute atomic E-state index is 11.2. The highest BCUT2D eigenvalue weighted by Crippen LogP contribution is 2.42. The zero-order chi connectivity index (χ0) is 10.1. The van der Waals surface area contributed by atoms with Crippen LogP contribution in [0.3, 0.4) is 0 Å². The molecule has 0 radical (unpaired) electrons. The summed E-state index contributed by atoms with van der Waals surface area (Å²) in [6.45, 7) is 1.46. The Morgan fingerprint density at radius 2 is 2.14 bits per heavy atom. The van der Waals surface area contributed by atoms with Crippen molar-refractivity contribution in [2.75, 3.05) is 0 Å². The van der Waals surface area contributed by atoms with E-state index in [4.69, 9.17) is 4.74 Å². The molecule has 0 aliphatic heterocycles. The van der Waals surface area contributed by atoms with Crippen molar-refractivity contribution in [2.45, 2.75) is 45.1 Å². The highest BCUT2D eigenvalue weighted by Gasteiger charge is 2.41. The van der Waals surface area contributed by atoms with Crippen molar-refractivity contribution in [2.24, 2.45) is 11.8 Å². The van der Waals surface area contributed by atoms with Crippen LogP contribution in [0, 0.1) is 11.8 Å². The molecule has 2 aliphatic rings. The lowest BCUT2D eigenvalue weighted by Crippen LogP contribution is -2.29. The molecule has 0 bridgehead atoms. The summed E-state index contributed by atoms with van der Waals surface area (Å²) >= 11 is 0. The lowest BCUT2D eigenvalue weighted by molar-refractivity contribution is -0.148. The Morgan fingerprint density at radius 1 is 1.36 bits per heavy atom. The van der Waals surface area contributed by atoms with Crippen LogP contribution in [0.15, 0.2) is 0 Å². The molecule has 0 aromatic heterocycles. The van der Waals surface area contributed by atoms with Crippen LogP contribution in [0.1, 0.15) is 39.0 Å². The minimum Gasteiger partial charge on any atom is -0.462 e. The van der Waals surface area contributed by atoms with Crippen molar-refractivity contribution in [3.8, 4) is 0 Å². The Kier molecular flexibility index (Phi) is 2.57. The molecule has 2 aliphatic carbocycles. The van der Waals surface area contributed by atoms with Crippen LogP contribution in [-0.2, 0) is 14.3 Å². The summed E-state index contributed by atoms with van der Waals surface area (Å²) in [5.41, 5.74) is 0. The molecule has 2 saturated carbocycles. The summed E-state index contributed by atoms with van der Waals surface area (Å²) in [6, 6.07) is 0. The second kappa shape index (κ2) is 3.71. The first kappa shape index (κ1) is 9.69. The lowest BCUT2D eigenvalue weighted by atomic mass is 9.80. The first-order chi connectivity index (χ1) is 6.66. The molecule has 0 spiro atoms. The second-order valence-electron chi connectivity index (χ2n) is 4.43. The van der Waals surface area contributed by atoms with E-state index in [0.717, 1.165) is 19.3 Å². The molecule has 3 heteroatoms. The molecule has 0 N–H and O–H groups in total. The summed E-state index contributed by atoms with van der Waals surface area (Å²) < 4.78 is 5.27. The van der Waals surface area contributed by atoms with Gasteiger partial charge >= 0.3 is 5.97 Å². The fourth-order valence-corrected chi connectivity index (χ4v) is 2.87. The fourth-order valence-electron chi connectivity index (χ4n) is 2.87. The molecule has 3 nitrogen and oxygen atoms in total. The largest absolute Gasteiger partial charge is 0.462 e. The lowest BCUT2D eigenvalue weighted by Gasteiger charge is -2.27. The minimum absolute atomic E-state index is 0.0885. The molecular weight excluding hydrogens is 180 g/mol. The quantitative estimate of drug-likeness (QED) is 0.599. The normalized spacial score (nSPS) is 36.6. The third-order valence-electron chi connectivity index (χ3n) is 3.47. The van der Waals surface area contributed by atoms with E-state index in [0.29, 0.717) is 30.5 Å². The Bertz CT molecular complexity index is 259. The highest BCUT2D eigenvalue weighted by molar-refractivity contribution is 5.79. The van der Waals surface area contributed by atoms with E-state index in [1.807, 2.05) is 0 Å². The highest BCUT2D eigenvalue weighted by atomic mass is 16.5. The van der Waals surface area contributed by atoms with Gasteiger partial charge in [0.05, 0.1) is 0 Å². The van der Waals surface area contributed by atoms with Gasteiger partial charge in [0, 0.05) is 19.8 Å². The number of Topliss-reactive ketones (excluding diaryl/α,β-unsaturated/α-hetero) is 1. The standard InChI is InChI=1S/C11H16O3/c1-7(12)14-11-5-2-8-6-9(13)3-4-10(8)11/h8,10-11H,2-6H2,1H3. The monoisotopic (exact) mass is 196 g/mol. The van der Waals surface area contributed by atoms with E-state index in [9.17, 15) is 9.59 Å². The Morgan fingerprint density at radius 3 is 2.86 bits per heavy atom. The maximum atomic E-state index is 11.2. The number of ketones is 1. The first-order valence-corrected chi connectivity index (χ1v) is 5.35. The van der Waals surface area contributed by atoms with Gasteiger partial charge in [0.15, 0.2) is 0 Å². The van der Waals surface area contributed by atoms with Gasteiger partial charge in [-0.2, -0.15) is 0 Å². The van der Waals surface area contributed by atoms with Gasteiger partial charge in [-0.3, -0.25) is 9.59 Å². The first-order valence-electron chi connectivity index (χ1n) is 5.35. The van der Waals surface area contributed by atoms with E-state index in [-0.39, 0.29) is 12.1 Å². The molecule has 0 aromatic rings. The topological polar surface area (TPSA) is 43.4 Å². The molecule has 2 rings (SSSR count). The molecule has 0 amide bonds. The SMILES string of the molecule is CC(=O)OC1CCC2CC(=O)CCC21. The summed E-state index contributed by atoms with van der Waals surface area (Å²) in [4.78, 5) is 22.1. The predicted octanol–water partition coefficient (Wildman–Crippen LogP) is 1.70. The van der Waals surface area contributed by atoms with E-state index in [1.165, 1.54) is 6.92 Å². The van der Waals surface area contributed by atoms with Gasteiger partial charge in [-0.25, -0.2) is 0 Å². The van der Waals surface area contributed by atoms with E-state index >= 15 is 0 Å². The van der Waals surface area contributed by atoms with Gasteiger partial charge in [-0.05, 0) is 31.1 Å². The van der Waals surface area contributed by atoms with Gasteiger partial charge in [-0.1, -0.05) is 0 Å². The molecular formula is C11H16O3. The Labute approximate surface area is 83.8 Å². The van der Waals surface area contributed by atoms with Crippen LogP contribution in [0.4, 0.5) is 0 Å². The summed E-state index contributed by atoms with van der Waals surface area (Å²) in [6.07, 6.45) is 4.39. The third-order valence-corrected chi connectivity index (χ3v) is 3.47. The van der Waals surface area contributed by atoms with E-state index in [1.54, 1.807) is 0 Å². The van der Waals surface area contributed by atoms with E-state index < -0.39 is 0 Å². The molecule has 3 unspecified atom stereocenters. The Hall–Kier alpha value is -0.860. The zero-order valence-electron chi connectivity index (χ0n) is 8.49. The van der Waals surface area contributed by atoms with Crippen LogP contribution in [0.5, 0.6) is 0 Å². The molecule has 0 heterocycles. The van der Waals surface area contributed by atoms with Crippen LogP contribution < -0.4 is 0 Å². The van der Waals surface area contributed by atoms with Gasteiger partial charge in [0.2, 0.25) is 0 Å². The maximum Gasteiger partial charge on any atom is 0.302 e. The molecule has 14 heavy (non-hydrogen) atoms. The molecule has 3 atom stereocenters. The van der Waals surface area contributed by atoms with E-state index in [2.05, 4.69) is 0 Å². The van der Waals surface area contributed by atoms with Crippen molar-refractivity contribution < 1.29 is 14.3 Å². The van der Waals surface area contributed by atoms with Crippen molar-refractivity contribution in [1.82, 2.24) is 0 Å². The fraction of sp³-hybridized carbons (Fsp3) is 0.818. The van der Waals surface area contributed by atoms with Gasteiger partial charge < -0.3 is 4.74 Å². The summed E-state index contributed by atoms with van der Waals surface area (Å²) in [5.74, 6) is 1.14. The van der Waals surface area contributed by atoms with Gasteiger partial charge in [0.1, 0.15) is 11.9 Å². The second-order valence-corrected chi connectivity index (χ2v) is 4.43. The third kappa shape index (κ3) is 1.81. The van der Waals surface area contributed by atoms with Crippen LogP contribution >= 0.6 is 0 Å². The smallest absolute Gasteiger partial charge is 0.302 e. The van der Waals surface area contributed by atoms with Crippen molar-refractivity contribution in [3.05, 3.63) is 0 Å². The number of ether oxygens (including phenoxy) is 1. The number of esters is 1. The number of hydrogen-bond acceptors (Lipinski definition) is 3. The van der Waals surface area contributed by atoms with Crippen molar-refractivity contribution in [3.63, 3.8) is 0 Å². The molecule has 78 valence electrons. The average molecular weight is 196 g/mol. The number of hydrogen-bond donors (Lipinski definition) is 0. The van der Waals surface area contributed by atoms with Crippen molar-refractivity contribution in [1.29, 1.82) is 0 Å². The number of carbonyl (C=O) groups is 2. The summed E-state index contributed by atoms with van der Waals surface area (Å²) in [5, 5.41) is 0. The molecule has 2 fully saturated rings. The van der Waals surface area contributed by atoms with Crippen LogP contribution in [0.25, 0.3) is 0 Å². The van der Waals surface area contributed by atoms with Crippen LogP contribution in [-0.4, -0.2) is 17.9 Å². The van der Waals surface area contributed by atoms with Crippen molar-refractivity contribution >= 4 is 11.8 Å². The minimum atomic E-state index is -0.187. The number of rotatable bonds is 1.